The Morgan fingerprint density at radius 2 is 1.70 bits per heavy atom. The summed E-state index contributed by atoms with van der Waals surface area (Å²) in [6.45, 7) is 5.39. The molecule has 0 spiro atoms. The van der Waals surface area contributed by atoms with Gasteiger partial charge in [-0.25, -0.2) is 13.1 Å². The predicted molar refractivity (Wildman–Crippen MR) is 91.8 cm³/mol. The zero-order valence-corrected chi connectivity index (χ0v) is 15.2. The highest BCUT2D eigenvalue weighted by molar-refractivity contribution is 7.89. The first-order chi connectivity index (χ1) is 10.8. The molecule has 1 amide bonds. The van der Waals surface area contributed by atoms with Crippen LogP contribution in [0.25, 0.3) is 0 Å². The number of carbonyl (C=O) groups is 1. The molecule has 6 nitrogen and oxygen atoms in total. The molecule has 0 aliphatic heterocycles. The fourth-order valence-electron chi connectivity index (χ4n) is 2.05. The van der Waals surface area contributed by atoms with E-state index in [1.165, 1.54) is 6.92 Å². The molecule has 0 fully saturated rings. The zero-order valence-electron chi connectivity index (χ0n) is 14.4. The van der Waals surface area contributed by atoms with E-state index in [2.05, 4.69) is 4.72 Å². The van der Waals surface area contributed by atoms with Crippen molar-refractivity contribution in [3.63, 3.8) is 0 Å². The number of benzene rings is 1. The minimum atomic E-state index is -3.54. The number of carbonyl (C=O) groups excluding carboxylic acids is 1. The summed E-state index contributed by atoms with van der Waals surface area (Å²) in [5.41, 5.74) is 1.09. The van der Waals surface area contributed by atoms with Gasteiger partial charge in [-0.05, 0) is 38.2 Å². The molecule has 1 rings (SSSR count). The molecule has 1 aromatic carbocycles. The number of nitrogens with zero attached hydrogens (tertiary/aromatic N) is 2. The molecule has 0 aromatic heterocycles. The number of amides is 1. The molecule has 0 heterocycles. The van der Waals surface area contributed by atoms with Gasteiger partial charge >= 0.3 is 0 Å². The number of hydrogen-bond donors (Lipinski definition) is 1. The second-order valence-electron chi connectivity index (χ2n) is 5.70. The first-order valence-corrected chi connectivity index (χ1v) is 9.23. The van der Waals surface area contributed by atoms with Crippen molar-refractivity contribution < 1.29 is 13.2 Å². The van der Waals surface area contributed by atoms with Gasteiger partial charge < -0.3 is 9.80 Å². The first-order valence-electron chi connectivity index (χ1n) is 7.75. The lowest BCUT2D eigenvalue weighted by Gasteiger charge is -2.23. The van der Waals surface area contributed by atoms with E-state index in [1.54, 1.807) is 17.0 Å². The molecule has 0 radical (unpaired) electrons. The third-order valence-corrected chi connectivity index (χ3v) is 5.06. The highest BCUT2D eigenvalue weighted by atomic mass is 32.2. The van der Waals surface area contributed by atoms with Crippen LogP contribution in [0, 0.1) is 0 Å². The molecule has 0 saturated carbocycles. The summed E-state index contributed by atoms with van der Waals surface area (Å²) in [4.78, 5) is 15.5. The number of nitrogens with one attached hydrogen (secondary N) is 1. The molecule has 0 bridgehead atoms. The highest BCUT2D eigenvalue weighted by Gasteiger charge is 2.15. The average molecular weight is 341 g/mol. The summed E-state index contributed by atoms with van der Waals surface area (Å²) < 4.78 is 27.0. The lowest BCUT2D eigenvalue weighted by atomic mass is 10.2. The number of aryl methyl sites for hydroxylation is 1. The standard InChI is InChI=1S/C16H27N3O3S/c1-5-15-6-8-16(9-7-15)23(21,22)17-10-11-19(14(2)20)13-12-18(3)4/h6-9,17H,5,10-13H2,1-4H3. The maximum absolute atomic E-state index is 12.2. The Kier molecular flexibility index (Phi) is 7.67. The average Bonchev–Trinajstić information content (AvgIpc) is 2.50. The molecule has 1 N–H and O–H groups in total. The maximum Gasteiger partial charge on any atom is 0.240 e. The van der Waals surface area contributed by atoms with Crippen molar-refractivity contribution >= 4 is 15.9 Å². The van der Waals surface area contributed by atoms with Crippen molar-refractivity contribution in [1.82, 2.24) is 14.5 Å². The van der Waals surface area contributed by atoms with Gasteiger partial charge in [-0.1, -0.05) is 19.1 Å². The van der Waals surface area contributed by atoms with Crippen molar-refractivity contribution in [3.8, 4) is 0 Å². The van der Waals surface area contributed by atoms with Crippen LogP contribution in [0.4, 0.5) is 0 Å². The molecular weight excluding hydrogens is 314 g/mol. The van der Waals surface area contributed by atoms with Crippen molar-refractivity contribution in [2.24, 2.45) is 0 Å². The summed E-state index contributed by atoms with van der Waals surface area (Å²) in [6.07, 6.45) is 0.868. The number of hydrogen-bond acceptors (Lipinski definition) is 4. The Balaban J connectivity index is 2.58. The van der Waals surface area contributed by atoms with E-state index in [0.29, 0.717) is 13.1 Å². The smallest absolute Gasteiger partial charge is 0.240 e. The van der Waals surface area contributed by atoms with Crippen molar-refractivity contribution in [3.05, 3.63) is 29.8 Å². The topological polar surface area (TPSA) is 69.7 Å². The third-order valence-electron chi connectivity index (χ3n) is 3.58. The molecule has 0 aliphatic carbocycles. The molecule has 23 heavy (non-hydrogen) atoms. The second kappa shape index (κ2) is 9.00. The lowest BCUT2D eigenvalue weighted by molar-refractivity contribution is -0.128. The van der Waals surface area contributed by atoms with Gasteiger partial charge in [0.2, 0.25) is 15.9 Å². The van der Waals surface area contributed by atoms with Crippen LogP contribution in [0.3, 0.4) is 0 Å². The van der Waals surface area contributed by atoms with Crippen LogP contribution in [-0.4, -0.2) is 64.4 Å². The zero-order chi connectivity index (χ0) is 17.5. The van der Waals surface area contributed by atoms with Crippen LogP contribution in [0.1, 0.15) is 19.4 Å². The van der Waals surface area contributed by atoms with Gasteiger partial charge in [-0.3, -0.25) is 4.79 Å². The van der Waals surface area contributed by atoms with Crippen LogP contribution in [-0.2, 0) is 21.2 Å². The molecular formula is C16H27N3O3S. The van der Waals surface area contributed by atoms with E-state index in [0.717, 1.165) is 18.5 Å². The fraction of sp³-hybridized carbons (Fsp3) is 0.562. The van der Waals surface area contributed by atoms with Crippen LogP contribution >= 0.6 is 0 Å². The van der Waals surface area contributed by atoms with Crippen LogP contribution in [0.2, 0.25) is 0 Å². The molecule has 0 unspecified atom stereocenters. The molecule has 0 aliphatic rings. The molecule has 130 valence electrons. The van der Waals surface area contributed by atoms with E-state index in [4.69, 9.17) is 0 Å². The number of sulfonamides is 1. The molecule has 0 saturated heterocycles. The predicted octanol–water partition coefficient (Wildman–Crippen LogP) is 0.937. The quantitative estimate of drug-likeness (QED) is 0.726. The maximum atomic E-state index is 12.2. The summed E-state index contributed by atoms with van der Waals surface area (Å²) >= 11 is 0. The van der Waals surface area contributed by atoms with Gasteiger partial charge in [0.05, 0.1) is 4.90 Å². The Morgan fingerprint density at radius 1 is 1.09 bits per heavy atom. The van der Waals surface area contributed by atoms with Gasteiger partial charge in [0.25, 0.3) is 0 Å². The van der Waals surface area contributed by atoms with Crippen LogP contribution in [0.15, 0.2) is 29.2 Å². The minimum absolute atomic E-state index is 0.0571. The first kappa shape index (κ1) is 19.6. The van der Waals surface area contributed by atoms with Crippen LogP contribution in [0.5, 0.6) is 0 Å². The largest absolute Gasteiger partial charge is 0.340 e. The monoisotopic (exact) mass is 341 g/mol. The van der Waals surface area contributed by atoms with E-state index < -0.39 is 10.0 Å². The van der Waals surface area contributed by atoms with Gasteiger partial charge in [0.15, 0.2) is 0 Å². The molecule has 0 atom stereocenters. The van der Waals surface area contributed by atoms with E-state index in [1.807, 2.05) is 38.1 Å². The Hall–Kier alpha value is -1.44. The van der Waals surface area contributed by atoms with E-state index in [-0.39, 0.29) is 17.3 Å². The summed E-state index contributed by atoms with van der Waals surface area (Å²) in [5.74, 6) is -0.0571. The third kappa shape index (κ3) is 6.68. The van der Waals surface area contributed by atoms with Gasteiger partial charge in [-0.15, -0.1) is 0 Å². The Labute approximate surface area is 139 Å². The highest BCUT2D eigenvalue weighted by Crippen LogP contribution is 2.10. The van der Waals surface area contributed by atoms with Crippen molar-refractivity contribution in [2.75, 3.05) is 40.3 Å². The van der Waals surface area contributed by atoms with Gasteiger partial charge in [0.1, 0.15) is 0 Å². The van der Waals surface area contributed by atoms with Gasteiger partial charge in [0, 0.05) is 33.1 Å². The van der Waals surface area contributed by atoms with E-state index >= 15 is 0 Å². The summed E-state index contributed by atoms with van der Waals surface area (Å²) in [5, 5.41) is 0. The van der Waals surface area contributed by atoms with Crippen molar-refractivity contribution in [2.45, 2.75) is 25.2 Å². The number of likely N-dealkylation sites (N-methyl/N-ethyl adjacent to an activating group) is 1. The van der Waals surface area contributed by atoms with Crippen LogP contribution < -0.4 is 4.72 Å². The summed E-state index contributed by atoms with van der Waals surface area (Å²) in [6, 6.07) is 6.84. The molecule has 7 heteroatoms. The lowest BCUT2D eigenvalue weighted by Crippen LogP contribution is -2.40. The van der Waals surface area contributed by atoms with Gasteiger partial charge in [-0.2, -0.15) is 0 Å². The number of rotatable bonds is 9. The SMILES string of the molecule is CCc1ccc(S(=O)(=O)NCCN(CCN(C)C)C(C)=O)cc1. The Morgan fingerprint density at radius 3 is 2.17 bits per heavy atom. The molecule has 1 aromatic rings. The normalized spacial score (nSPS) is 11.7. The fourth-order valence-corrected chi connectivity index (χ4v) is 3.07. The van der Waals surface area contributed by atoms with E-state index in [9.17, 15) is 13.2 Å². The van der Waals surface area contributed by atoms with Crippen molar-refractivity contribution in [1.29, 1.82) is 0 Å². The minimum Gasteiger partial charge on any atom is -0.340 e. The Bertz CT molecular complexity index is 598. The summed E-state index contributed by atoms with van der Waals surface area (Å²) in [7, 11) is 0.327. The second-order valence-corrected chi connectivity index (χ2v) is 7.47.